The van der Waals surface area contributed by atoms with Gasteiger partial charge in [0.05, 0.1) is 0 Å². The fourth-order valence-corrected chi connectivity index (χ4v) is 4.31. The average Bonchev–Trinajstić information content (AvgIpc) is 2.64. The van der Waals surface area contributed by atoms with Crippen molar-refractivity contribution in [3.8, 4) is 0 Å². The van der Waals surface area contributed by atoms with Crippen molar-refractivity contribution in [1.82, 2.24) is 5.32 Å². The molecule has 0 aromatic rings. The van der Waals surface area contributed by atoms with Crippen LogP contribution in [0.4, 0.5) is 0 Å². The molecule has 0 aromatic heterocycles. The minimum Gasteiger partial charge on any atom is -0.316 e. The summed E-state index contributed by atoms with van der Waals surface area (Å²) in [5.41, 5.74) is 1.05. The molecule has 1 nitrogen and oxygen atoms in total. The van der Waals surface area contributed by atoms with Gasteiger partial charge in [0.25, 0.3) is 0 Å². The summed E-state index contributed by atoms with van der Waals surface area (Å²) in [4.78, 5) is 0. The summed E-state index contributed by atoms with van der Waals surface area (Å²) in [5.74, 6) is 1.80. The zero-order chi connectivity index (χ0) is 12.0. The molecule has 1 heteroatoms. The van der Waals surface area contributed by atoms with Crippen molar-refractivity contribution in [2.75, 3.05) is 7.05 Å². The van der Waals surface area contributed by atoms with Crippen molar-refractivity contribution in [1.29, 1.82) is 0 Å². The lowest BCUT2D eigenvalue weighted by atomic mass is 9.80. The van der Waals surface area contributed by atoms with Crippen LogP contribution in [0.1, 0.15) is 59.8 Å². The highest BCUT2D eigenvalue weighted by molar-refractivity contribution is 5.17. The molecule has 1 N–H and O–H groups in total. The standard InChI is InChI=1S/C15H29N/c1-14(2)13(15(14,3)4)12(16-5)11-9-7-6-8-10-11/h11-13,16H,6-10H2,1-5H3. The van der Waals surface area contributed by atoms with Crippen LogP contribution in [0.15, 0.2) is 0 Å². The highest BCUT2D eigenvalue weighted by atomic mass is 14.9. The normalized spacial score (nSPS) is 31.3. The van der Waals surface area contributed by atoms with Gasteiger partial charge in [0.1, 0.15) is 0 Å². The number of hydrogen-bond acceptors (Lipinski definition) is 1. The third-order valence-electron chi connectivity index (χ3n) is 5.98. The molecule has 0 heterocycles. The van der Waals surface area contributed by atoms with E-state index in [0.29, 0.717) is 10.8 Å². The van der Waals surface area contributed by atoms with Gasteiger partial charge in [0, 0.05) is 6.04 Å². The molecule has 2 aliphatic carbocycles. The zero-order valence-corrected chi connectivity index (χ0v) is 11.8. The van der Waals surface area contributed by atoms with Crippen LogP contribution in [0.25, 0.3) is 0 Å². The second-order valence-electron chi connectivity index (χ2n) is 7.13. The van der Waals surface area contributed by atoms with E-state index >= 15 is 0 Å². The van der Waals surface area contributed by atoms with Gasteiger partial charge in [-0.2, -0.15) is 0 Å². The highest BCUT2D eigenvalue weighted by Crippen LogP contribution is 2.70. The highest BCUT2D eigenvalue weighted by Gasteiger charge is 2.67. The first-order valence-corrected chi connectivity index (χ1v) is 7.10. The van der Waals surface area contributed by atoms with Gasteiger partial charge in [-0.15, -0.1) is 0 Å². The molecule has 1 unspecified atom stereocenters. The topological polar surface area (TPSA) is 12.0 Å². The fourth-order valence-electron chi connectivity index (χ4n) is 4.31. The van der Waals surface area contributed by atoms with Gasteiger partial charge in [-0.25, -0.2) is 0 Å². The first kappa shape index (κ1) is 12.4. The molecule has 2 saturated carbocycles. The number of nitrogens with one attached hydrogen (secondary N) is 1. The lowest BCUT2D eigenvalue weighted by molar-refractivity contribution is 0.235. The van der Waals surface area contributed by atoms with E-state index in [1.165, 1.54) is 32.1 Å². The van der Waals surface area contributed by atoms with Crippen molar-refractivity contribution >= 4 is 0 Å². The fraction of sp³-hybridized carbons (Fsp3) is 1.00. The smallest absolute Gasteiger partial charge is 0.0131 e. The van der Waals surface area contributed by atoms with Crippen LogP contribution < -0.4 is 5.32 Å². The third-order valence-corrected chi connectivity index (χ3v) is 5.98. The Morgan fingerprint density at radius 2 is 1.44 bits per heavy atom. The van der Waals surface area contributed by atoms with Crippen LogP contribution in [0.2, 0.25) is 0 Å². The van der Waals surface area contributed by atoms with Crippen LogP contribution in [0.5, 0.6) is 0 Å². The molecule has 16 heavy (non-hydrogen) atoms. The maximum absolute atomic E-state index is 3.64. The maximum Gasteiger partial charge on any atom is 0.0131 e. The minimum absolute atomic E-state index is 0.526. The summed E-state index contributed by atoms with van der Waals surface area (Å²) in [6, 6.07) is 0.755. The van der Waals surface area contributed by atoms with Crippen molar-refractivity contribution < 1.29 is 0 Å². The molecule has 0 aliphatic heterocycles. The minimum atomic E-state index is 0.526. The second kappa shape index (κ2) is 4.01. The second-order valence-corrected chi connectivity index (χ2v) is 7.13. The van der Waals surface area contributed by atoms with Gasteiger partial charge < -0.3 is 5.32 Å². The summed E-state index contributed by atoms with van der Waals surface area (Å²) in [5, 5.41) is 3.64. The monoisotopic (exact) mass is 223 g/mol. The molecule has 94 valence electrons. The molecular weight excluding hydrogens is 194 g/mol. The van der Waals surface area contributed by atoms with E-state index in [1.54, 1.807) is 0 Å². The Bertz CT molecular complexity index is 234. The first-order valence-electron chi connectivity index (χ1n) is 7.10. The maximum atomic E-state index is 3.64. The van der Waals surface area contributed by atoms with Crippen LogP contribution in [-0.2, 0) is 0 Å². The summed E-state index contributed by atoms with van der Waals surface area (Å²) < 4.78 is 0. The number of rotatable bonds is 3. The van der Waals surface area contributed by atoms with Gasteiger partial charge in [0.15, 0.2) is 0 Å². The molecule has 2 rings (SSSR count). The Balaban J connectivity index is 2.06. The molecule has 0 spiro atoms. The average molecular weight is 223 g/mol. The molecule has 0 bridgehead atoms. The van der Waals surface area contributed by atoms with Crippen LogP contribution >= 0.6 is 0 Å². The van der Waals surface area contributed by atoms with Gasteiger partial charge in [-0.05, 0) is 42.6 Å². The van der Waals surface area contributed by atoms with Crippen molar-refractivity contribution in [2.45, 2.75) is 65.8 Å². The van der Waals surface area contributed by atoms with Crippen LogP contribution in [0, 0.1) is 22.7 Å². The number of hydrogen-bond donors (Lipinski definition) is 1. The van der Waals surface area contributed by atoms with E-state index in [4.69, 9.17) is 0 Å². The van der Waals surface area contributed by atoms with Gasteiger partial charge in [-0.3, -0.25) is 0 Å². The Hall–Kier alpha value is -0.0400. The predicted molar refractivity (Wildman–Crippen MR) is 70.5 cm³/mol. The van der Waals surface area contributed by atoms with E-state index in [1.807, 2.05) is 0 Å². The molecule has 0 saturated heterocycles. The summed E-state index contributed by atoms with van der Waals surface area (Å²) in [6.45, 7) is 9.80. The van der Waals surface area contributed by atoms with Gasteiger partial charge in [-0.1, -0.05) is 47.0 Å². The van der Waals surface area contributed by atoms with Crippen LogP contribution in [-0.4, -0.2) is 13.1 Å². The first-order chi connectivity index (χ1) is 7.43. The third kappa shape index (κ3) is 1.72. The Morgan fingerprint density at radius 3 is 1.81 bits per heavy atom. The lowest BCUT2D eigenvalue weighted by Gasteiger charge is -2.31. The lowest BCUT2D eigenvalue weighted by Crippen LogP contribution is -2.38. The summed E-state index contributed by atoms with van der Waals surface area (Å²) >= 11 is 0. The van der Waals surface area contributed by atoms with Crippen molar-refractivity contribution in [3.05, 3.63) is 0 Å². The molecule has 2 aliphatic rings. The largest absolute Gasteiger partial charge is 0.316 e. The van der Waals surface area contributed by atoms with Crippen molar-refractivity contribution in [2.24, 2.45) is 22.7 Å². The zero-order valence-electron chi connectivity index (χ0n) is 11.8. The molecule has 2 fully saturated rings. The van der Waals surface area contributed by atoms with Crippen LogP contribution in [0.3, 0.4) is 0 Å². The van der Waals surface area contributed by atoms with Gasteiger partial charge >= 0.3 is 0 Å². The SMILES string of the molecule is CNC(C1CCCCC1)C1C(C)(C)C1(C)C. The van der Waals surface area contributed by atoms with Crippen molar-refractivity contribution in [3.63, 3.8) is 0 Å². The molecule has 0 amide bonds. The van der Waals surface area contributed by atoms with E-state index in [0.717, 1.165) is 17.9 Å². The molecule has 0 aromatic carbocycles. The molecule has 1 atom stereocenters. The Labute approximate surface area is 101 Å². The predicted octanol–water partition coefficient (Wildman–Crippen LogP) is 3.84. The molecular formula is C15H29N. The van der Waals surface area contributed by atoms with Gasteiger partial charge in [0.2, 0.25) is 0 Å². The Kier molecular flexibility index (Phi) is 3.11. The summed E-state index contributed by atoms with van der Waals surface area (Å²) in [6.07, 6.45) is 7.28. The van der Waals surface area contributed by atoms with E-state index in [2.05, 4.69) is 40.1 Å². The summed E-state index contributed by atoms with van der Waals surface area (Å²) in [7, 11) is 2.17. The van der Waals surface area contributed by atoms with E-state index in [9.17, 15) is 0 Å². The Morgan fingerprint density at radius 1 is 0.938 bits per heavy atom. The van der Waals surface area contributed by atoms with E-state index < -0.39 is 0 Å². The molecule has 0 radical (unpaired) electrons. The quantitative estimate of drug-likeness (QED) is 0.766. The van der Waals surface area contributed by atoms with E-state index in [-0.39, 0.29) is 0 Å².